The van der Waals surface area contributed by atoms with Crippen molar-refractivity contribution in [2.24, 2.45) is 5.73 Å². The first-order valence-corrected chi connectivity index (χ1v) is 6.92. The molecule has 1 aliphatic heterocycles. The predicted octanol–water partition coefficient (Wildman–Crippen LogP) is 2.89. The maximum Gasteiger partial charge on any atom is 0.416 e. The van der Waals surface area contributed by atoms with Gasteiger partial charge in [-0.2, -0.15) is 13.2 Å². The zero-order chi connectivity index (χ0) is 16.3. The molecule has 8 heteroatoms. The topological polar surface area (TPSA) is 61.5 Å². The molecule has 0 radical (unpaired) electrons. The Balaban J connectivity index is 0.00000264. The normalized spacial score (nSPS) is 24.7. The number of methoxy groups -OCH3 is 1. The Labute approximate surface area is 138 Å². The third kappa shape index (κ3) is 5.09. The van der Waals surface area contributed by atoms with Crippen LogP contribution in [0.2, 0.25) is 0 Å². The van der Waals surface area contributed by atoms with Gasteiger partial charge in [0.2, 0.25) is 0 Å². The molecule has 23 heavy (non-hydrogen) atoms. The van der Waals surface area contributed by atoms with Gasteiger partial charge in [-0.15, -0.1) is 12.4 Å². The van der Waals surface area contributed by atoms with Gasteiger partial charge in [-0.3, -0.25) is 4.79 Å². The van der Waals surface area contributed by atoms with Crippen molar-refractivity contribution >= 4 is 18.4 Å². The number of carbonyl (C=O) groups is 1. The second kappa shape index (κ2) is 7.99. The number of benzene rings is 1. The minimum absolute atomic E-state index is 0. The molecule has 1 saturated heterocycles. The van der Waals surface area contributed by atoms with E-state index in [1.807, 2.05) is 0 Å². The molecule has 1 fully saturated rings. The average molecular weight is 354 g/mol. The van der Waals surface area contributed by atoms with Crippen LogP contribution < -0.4 is 5.73 Å². The lowest BCUT2D eigenvalue weighted by Crippen LogP contribution is -2.42. The van der Waals surface area contributed by atoms with E-state index in [0.29, 0.717) is 6.42 Å². The molecular formula is C15H19ClF3NO3. The average Bonchev–Trinajstić information content (AvgIpc) is 2.48. The molecule has 2 rings (SSSR count). The Bertz CT molecular complexity index is 522. The molecule has 0 aromatic heterocycles. The van der Waals surface area contributed by atoms with Crippen LogP contribution in [-0.2, 0) is 20.4 Å². The van der Waals surface area contributed by atoms with E-state index in [2.05, 4.69) is 4.74 Å². The standard InChI is InChI=1S/C15H18F3NO3.ClH/c1-21-14(20)7-11-6-12(13(19)8-22-11)9-2-4-10(5-3-9)15(16,17)18;/h2-5,11-13H,6-8,19H2,1H3;1H/t11-,12+,13-;/m1./s1. The number of hydrogen-bond donors (Lipinski definition) is 1. The molecule has 4 nitrogen and oxygen atoms in total. The van der Waals surface area contributed by atoms with E-state index in [9.17, 15) is 18.0 Å². The summed E-state index contributed by atoms with van der Waals surface area (Å²) in [6.07, 6.45) is -4.11. The van der Waals surface area contributed by atoms with Gasteiger partial charge in [-0.05, 0) is 24.1 Å². The van der Waals surface area contributed by atoms with Crippen molar-refractivity contribution in [2.75, 3.05) is 13.7 Å². The van der Waals surface area contributed by atoms with Gasteiger partial charge in [-0.25, -0.2) is 0 Å². The Hall–Kier alpha value is -1.31. The summed E-state index contributed by atoms with van der Waals surface area (Å²) in [7, 11) is 1.30. The summed E-state index contributed by atoms with van der Waals surface area (Å²) in [6, 6.07) is 4.66. The zero-order valence-corrected chi connectivity index (χ0v) is 13.3. The van der Waals surface area contributed by atoms with Crippen LogP contribution >= 0.6 is 12.4 Å². The summed E-state index contributed by atoms with van der Waals surface area (Å²) in [5.41, 5.74) is 6.03. The lowest BCUT2D eigenvalue weighted by molar-refractivity contribution is -0.145. The van der Waals surface area contributed by atoms with Crippen molar-refractivity contribution in [3.05, 3.63) is 35.4 Å². The van der Waals surface area contributed by atoms with Gasteiger partial charge < -0.3 is 15.2 Å². The van der Waals surface area contributed by atoms with Crippen LogP contribution in [0.4, 0.5) is 13.2 Å². The van der Waals surface area contributed by atoms with Gasteiger partial charge in [0.1, 0.15) is 0 Å². The summed E-state index contributed by atoms with van der Waals surface area (Å²) in [5, 5.41) is 0. The third-order valence-corrected chi connectivity index (χ3v) is 3.85. The van der Waals surface area contributed by atoms with Crippen molar-refractivity contribution in [3.63, 3.8) is 0 Å². The molecule has 1 aromatic carbocycles. The van der Waals surface area contributed by atoms with Gasteiger partial charge in [0.05, 0.1) is 31.8 Å². The van der Waals surface area contributed by atoms with E-state index in [-0.39, 0.29) is 49.5 Å². The van der Waals surface area contributed by atoms with E-state index in [0.717, 1.165) is 17.7 Å². The summed E-state index contributed by atoms with van der Waals surface area (Å²) in [5.74, 6) is -0.530. The Morgan fingerprint density at radius 2 is 1.96 bits per heavy atom. The fourth-order valence-electron chi connectivity index (χ4n) is 2.60. The van der Waals surface area contributed by atoms with Crippen molar-refractivity contribution in [2.45, 2.75) is 37.1 Å². The van der Waals surface area contributed by atoms with E-state index < -0.39 is 11.7 Å². The quantitative estimate of drug-likeness (QED) is 0.849. The first-order chi connectivity index (χ1) is 10.3. The van der Waals surface area contributed by atoms with Gasteiger partial charge >= 0.3 is 12.1 Å². The fraction of sp³-hybridized carbons (Fsp3) is 0.533. The highest BCUT2D eigenvalue weighted by Gasteiger charge is 2.33. The van der Waals surface area contributed by atoms with Crippen molar-refractivity contribution in [1.29, 1.82) is 0 Å². The second-order valence-electron chi connectivity index (χ2n) is 5.36. The number of carbonyl (C=O) groups excluding carboxylic acids is 1. The molecule has 1 heterocycles. The first kappa shape index (κ1) is 19.7. The number of rotatable bonds is 3. The summed E-state index contributed by atoms with van der Waals surface area (Å²) < 4.78 is 47.8. The van der Waals surface area contributed by atoms with Crippen LogP contribution in [0.15, 0.2) is 24.3 Å². The molecule has 0 amide bonds. The van der Waals surface area contributed by atoms with E-state index in [4.69, 9.17) is 10.5 Å². The molecule has 1 aromatic rings. The fourth-order valence-corrected chi connectivity index (χ4v) is 2.60. The van der Waals surface area contributed by atoms with Crippen molar-refractivity contribution < 1.29 is 27.4 Å². The van der Waals surface area contributed by atoms with Crippen LogP contribution in [0, 0.1) is 0 Å². The highest BCUT2D eigenvalue weighted by atomic mass is 35.5. The highest BCUT2D eigenvalue weighted by molar-refractivity contribution is 5.85. The number of hydrogen-bond acceptors (Lipinski definition) is 4. The molecule has 0 aliphatic carbocycles. The van der Waals surface area contributed by atoms with Crippen LogP contribution in [0.25, 0.3) is 0 Å². The molecule has 0 spiro atoms. The third-order valence-electron chi connectivity index (χ3n) is 3.85. The number of halogens is 4. The Kier molecular flexibility index (Phi) is 6.85. The van der Waals surface area contributed by atoms with E-state index in [1.165, 1.54) is 19.2 Å². The van der Waals surface area contributed by atoms with Crippen LogP contribution in [0.3, 0.4) is 0 Å². The monoisotopic (exact) mass is 353 g/mol. The van der Waals surface area contributed by atoms with Gasteiger partial charge in [-0.1, -0.05) is 12.1 Å². The lowest BCUT2D eigenvalue weighted by atomic mass is 9.84. The molecule has 0 saturated carbocycles. The lowest BCUT2D eigenvalue weighted by Gasteiger charge is -2.34. The zero-order valence-electron chi connectivity index (χ0n) is 12.5. The summed E-state index contributed by atoms with van der Waals surface area (Å²) in [6.45, 7) is 0.257. The molecule has 0 bridgehead atoms. The Morgan fingerprint density at radius 3 is 2.48 bits per heavy atom. The maximum atomic E-state index is 12.6. The second-order valence-corrected chi connectivity index (χ2v) is 5.36. The van der Waals surface area contributed by atoms with Crippen LogP contribution in [-0.4, -0.2) is 31.8 Å². The summed E-state index contributed by atoms with van der Waals surface area (Å²) >= 11 is 0. The van der Waals surface area contributed by atoms with Crippen LogP contribution in [0.1, 0.15) is 29.9 Å². The Morgan fingerprint density at radius 1 is 1.35 bits per heavy atom. The minimum atomic E-state index is -4.36. The molecule has 2 N–H and O–H groups in total. The minimum Gasteiger partial charge on any atom is -0.469 e. The number of alkyl halides is 3. The van der Waals surface area contributed by atoms with Crippen molar-refractivity contribution in [3.8, 4) is 0 Å². The molecule has 1 aliphatic rings. The number of esters is 1. The maximum absolute atomic E-state index is 12.6. The first-order valence-electron chi connectivity index (χ1n) is 6.92. The van der Waals surface area contributed by atoms with Gasteiger partial charge in [0.25, 0.3) is 0 Å². The van der Waals surface area contributed by atoms with E-state index >= 15 is 0 Å². The van der Waals surface area contributed by atoms with Gasteiger partial charge in [0, 0.05) is 12.0 Å². The molecule has 0 unspecified atom stereocenters. The largest absolute Gasteiger partial charge is 0.469 e. The molecule has 130 valence electrons. The summed E-state index contributed by atoms with van der Waals surface area (Å²) in [4.78, 5) is 11.3. The predicted molar refractivity (Wildman–Crippen MR) is 80.4 cm³/mol. The highest BCUT2D eigenvalue weighted by Crippen LogP contribution is 2.34. The van der Waals surface area contributed by atoms with Crippen LogP contribution in [0.5, 0.6) is 0 Å². The molecule has 3 atom stereocenters. The van der Waals surface area contributed by atoms with Gasteiger partial charge in [0.15, 0.2) is 0 Å². The van der Waals surface area contributed by atoms with Crippen molar-refractivity contribution in [1.82, 2.24) is 0 Å². The SMILES string of the molecule is COC(=O)C[C@H]1C[C@@H](c2ccc(C(F)(F)F)cc2)[C@H](N)CO1.Cl. The smallest absolute Gasteiger partial charge is 0.416 e. The number of ether oxygens (including phenoxy) is 2. The molecular weight excluding hydrogens is 335 g/mol. The number of nitrogens with two attached hydrogens (primary N) is 1. The van der Waals surface area contributed by atoms with E-state index in [1.54, 1.807) is 0 Å².